The number of hydrogen-bond acceptors (Lipinski definition) is 8. The second-order valence-electron chi connectivity index (χ2n) is 10.00. The molecule has 0 spiro atoms. The first-order valence-electron chi connectivity index (χ1n) is 12.5. The molecule has 3 aromatic rings. The van der Waals surface area contributed by atoms with Gasteiger partial charge >= 0.3 is 0 Å². The molecule has 200 valence electrons. The molecule has 3 rings (SSSR count). The predicted molar refractivity (Wildman–Crippen MR) is 153 cm³/mol. The van der Waals surface area contributed by atoms with Gasteiger partial charge in [-0.2, -0.15) is 4.98 Å². The fourth-order valence-electron chi connectivity index (χ4n) is 3.74. The van der Waals surface area contributed by atoms with E-state index in [1.165, 1.54) is 5.69 Å². The van der Waals surface area contributed by atoms with Crippen molar-refractivity contribution in [2.24, 2.45) is 0 Å². The summed E-state index contributed by atoms with van der Waals surface area (Å²) in [7, 11) is -1.69. The van der Waals surface area contributed by atoms with E-state index in [2.05, 4.69) is 54.6 Å². The first kappa shape index (κ1) is 28.4. The van der Waals surface area contributed by atoms with Gasteiger partial charge in [-0.3, -0.25) is 0 Å². The third-order valence-corrected chi connectivity index (χ3v) is 7.19. The van der Waals surface area contributed by atoms with Crippen molar-refractivity contribution >= 4 is 38.9 Å². The second-order valence-corrected chi connectivity index (χ2v) is 11.7. The van der Waals surface area contributed by atoms with E-state index in [0.29, 0.717) is 17.5 Å². The summed E-state index contributed by atoms with van der Waals surface area (Å²) in [4.78, 5) is 11.6. The average molecular weight is 526 g/mol. The Morgan fingerprint density at radius 3 is 2.35 bits per heavy atom. The molecule has 4 N–H and O–H groups in total. The molecule has 0 aliphatic carbocycles. The van der Waals surface area contributed by atoms with Gasteiger partial charge in [0.2, 0.25) is 16.0 Å². The number of aromatic nitrogens is 2. The maximum Gasteiger partial charge on any atom is 0.241 e. The van der Waals surface area contributed by atoms with Gasteiger partial charge < -0.3 is 20.9 Å². The van der Waals surface area contributed by atoms with Gasteiger partial charge in [-0.1, -0.05) is 13.0 Å². The molecule has 0 bridgehead atoms. The number of anilines is 5. The first-order chi connectivity index (χ1) is 17.5. The quantitative estimate of drug-likeness (QED) is 0.267. The minimum Gasteiger partial charge on any atom is -0.370 e. The van der Waals surface area contributed by atoms with Crippen LogP contribution in [0, 0.1) is 6.92 Å². The molecule has 10 heteroatoms. The zero-order valence-electron chi connectivity index (χ0n) is 22.6. The molecule has 0 fully saturated rings. The van der Waals surface area contributed by atoms with Gasteiger partial charge in [-0.15, -0.1) is 0 Å². The van der Waals surface area contributed by atoms with Crippen LogP contribution >= 0.6 is 0 Å². The molecular weight excluding hydrogens is 486 g/mol. The van der Waals surface area contributed by atoms with Crippen LogP contribution in [0.2, 0.25) is 0 Å². The molecule has 0 amide bonds. The lowest BCUT2D eigenvalue weighted by atomic mass is 10.1. The van der Waals surface area contributed by atoms with Crippen LogP contribution in [0.5, 0.6) is 0 Å². The van der Waals surface area contributed by atoms with Crippen LogP contribution < -0.4 is 25.6 Å². The summed E-state index contributed by atoms with van der Waals surface area (Å²) < 4.78 is 28.2. The lowest BCUT2D eigenvalue weighted by Crippen LogP contribution is -2.40. The number of likely N-dealkylation sites (N-methyl/N-ethyl adjacent to an activating group) is 1. The van der Waals surface area contributed by atoms with Crippen LogP contribution in [0.15, 0.2) is 59.6 Å². The second kappa shape index (κ2) is 12.4. The van der Waals surface area contributed by atoms with E-state index in [-0.39, 0.29) is 4.90 Å². The molecule has 0 radical (unpaired) electrons. The average Bonchev–Trinajstić information content (AvgIpc) is 2.83. The number of benzene rings is 2. The smallest absolute Gasteiger partial charge is 0.241 e. The Hall–Kier alpha value is -3.21. The molecule has 1 aromatic heterocycles. The van der Waals surface area contributed by atoms with Gasteiger partial charge in [-0.05, 0) is 83.6 Å². The lowest BCUT2D eigenvalue weighted by Gasteiger charge is -2.24. The Morgan fingerprint density at radius 2 is 1.70 bits per heavy atom. The van der Waals surface area contributed by atoms with Crippen LogP contribution in [0.1, 0.15) is 39.7 Å². The van der Waals surface area contributed by atoms with Crippen molar-refractivity contribution in [3.63, 3.8) is 0 Å². The van der Waals surface area contributed by atoms with Crippen molar-refractivity contribution in [1.29, 1.82) is 0 Å². The number of aryl methyl sites for hydroxylation is 1. The fraction of sp³-hybridized carbons (Fsp3) is 0.407. The monoisotopic (exact) mass is 525 g/mol. The number of hydrogen-bond donors (Lipinski definition) is 4. The van der Waals surface area contributed by atoms with E-state index in [4.69, 9.17) is 0 Å². The molecule has 37 heavy (non-hydrogen) atoms. The van der Waals surface area contributed by atoms with E-state index in [1.807, 2.05) is 46.9 Å². The van der Waals surface area contributed by atoms with Gasteiger partial charge in [0.25, 0.3) is 0 Å². The zero-order chi connectivity index (χ0) is 27.1. The minimum atomic E-state index is -3.65. The van der Waals surface area contributed by atoms with Gasteiger partial charge in [-0.25, -0.2) is 18.1 Å². The van der Waals surface area contributed by atoms with Gasteiger partial charge in [0, 0.05) is 54.0 Å². The van der Waals surface area contributed by atoms with Crippen molar-refractivity contribution in [1.82, 2.24) is 20.0 Å². The van der Waals surface area contributed by atoms with Crippen molar-refractivity contribution in [3.05, 3.63) is 60.3 Å². The van der Waals surface area contributed by atoms with Gasteiger partial charge in [0.15, 0.2) is 0 Å². The highest BCUT2D eigenvalue weighted by Crippen LogP contribution is 2.24. The molecule has 0 saturated heterocycles. The number of nitrogens with zero attached hydrogens (tertiary/aromatic N) is 3. The molecule has 0 atom stereocenters. The predicted octanol–water partition coefficient (Wildman–Crippen LogP) is 4.78. The summed E-state index contributed by atoms with van der Waals surface area (Å²) in [6.07, 6.45) is 2.81. The largest absolute Gasteiger partial charge is 0.370 e. The molecule has 0 unspecified atom stereocenters. The maximum atomic E-state index is 12.8. The Bertz CT molecular complexity index is 1270. The fourth-order valence-corrected chi connectivity index (χ4v) is 5.20. The van der Waals surface area contributed by atoms with Crippen molar-refractivity contribution in [2.45, 2.75) is 51.5 Å². The highest BCUT2D eigenvalue weighted by atomic mass is 32.2. The number of nitrogens with one attached hydrogen (secondary N) is 4. The molecule has 2 aromatic carbocycles. The summed E-state index contributed by atoms with van der Waals surface area (Å²) in [5.74, 6) is 1.04. The van der Waals surface area contributed by atoms with Crippen LogP contribution in [-0.4, -0.2) is 50.6 Å². The van der Waals surface area contributed by atoms with Crippen LogP contribution in [-0.2, 0) is 10.0 Å². The topological polar surface area (TPSA) is 111 Å². The zero-order valence-corrected chi connectivity index (χ0v) is 23.4. The molecular formula is C27H39N7O2S. The summed E-state index contributed by atoms with van der Waals surface area (Å²) in [5, 5.41) is 9.70. The summed E-state index contributed by atoms with van der Waals surface area (Å²) in [5.41, 5.74) is 2.93. The van der Waals surface area contributed by atoms with E-state index in [1.54, 1.807) is 30.5 Å². The first-order valence-corrected chi connectivity index (χ1v) is 14.0. The summed E-state index contributed by atoms with van der Waals surface area (Å²) in [6, 6.07) is 14.9. The summed E-state index contributed by atoms with van der Waals surface area (Å²) in [6.45, 7) is 12.4. The number of rotatable bonds is 12. The Balaban J connectivity index is 1.75. The van der Waals surface area contributed by atoms with Gasteiger partial charge in [0.05, 0.1) is 4.90 Å². The van der Waals surface area contributed by atoms with Crippen LogP contribution in [0.25, 0.3) is 0 Å². The van der Waals surface area contributed by atoms with E-state index < -0.39 is 15.6 Å². The standard InChI is InChI=1S/C27H39N7O2S/c1-7-16-34(17-15-28-6)23-13-11-21(12-14-23)31-26-29-19-20(2)25(32-26)30-22-9-8-10-24(18-22)37(35,36)33-27(3,4)5/h8-14,18-19,28,33H,7,15-17H2,1-6H3,(H2,29,30,31,32). The normalized spacial score (nSPS) is 11.8. The van der Waals surface area contributed by atoms with E-state index in [9.17, 15) is 8.42 Å². The Labute approximate surface area is 221 Å². The summed E-state index contributed by atoms with van der Waals surface area (Å²) >= 11 is 0. The Morgan fingerprint density at radius 1 is 0.973 bits per heavy atom. The third-order valence-electron chi connectivity index (χ3n) is 5.43. The molecule has 1 heterocycles. The minimum absolute atomic E-state index is 0.185. The van der Waals surface area contributed by atoms with Crippen LogP contribution in [0.3, 0.4) is 0 Å². The highest BCUT2D eigenvalue weighted by Gasteiger charge is 2.22. The van der Waals surface area contributed by atoms with Crippen molar-refractivity contribution in [3.8, 4) is 0 Å². The van der Waals surface area contributed by atoms with Crippen LogP contribution in [0.4, 0.5) is 28.8 Å². The van der Waals surface area contributed by atoms with Crippen molar-refractivity contribution in [2.75, 3.05) is 42.2 Å². The lowest BCUT2D eigenvalue weighted by molar-refractivity contribution is 0.491. The number of sulfonamides is 1. The molecule has 0 saturated carbocycles. The SMILES string of the molecule is CCCN(CCNC)c1ccc(Nc2ncc(C)c(Nc3cccc(S(=O)(=O)NC(C)(C)C)c3)n2)cc1. The van der Waals surface area contributed by atoms with Crippen molar-refractivity contribution < 1.29 is 8.42 Å². The van der Waals surface area contributed by atoms with E-state index >= 15 is 0 Å². The highest BCUT2D eigenvalue weighted by molar-refractivity contribution is 7.89. The third kappa shape index (κ3) is 8.41. The maximum absolute atomic E-state index is 12.8. The molecule has 0 aliphatic heterocycles. The van der Waals surface area contributed by atoms with Gasteiger partial charge in [0.1, 0.15) is 5.82 Å². The van der Waals surface area contributed by atoms with E-state index in [0.717, 1.165) is 37.3 Å². The Kier molecular flexibility index (Phi) is 9.47. The molecule has 0 aliphatic rings. The molecule has 9 nitrogen and oxygen atoms in total.